The number of ether oxygens (including phenoxy) is 1. The number of nitrogens with zero attached hydrogens (tertiary/aromatic N) is 3. The summed E-state index contributed by atoms with van der Waals surface area (Å²) in [7, 11) is 0. The zero-order chi connectivity index (χ0) is 21.3. The number of hydrogen-bond donors (Lipinski definition) is 0. The number of likely N-dealkylation sites (tertiary alicyclic amines) is 1. The van der Waals surface area contributed by atoms with Crippen LogP contribution in [0.25, 0.3) is 11.0 Å². The molecule has 3 aromatic rings. The summed E-state index contributed by atoms with van der Waals surface area (Å²) in [5.41, 5.74) is 2.79. The minimum atomic E-state index is -0.313. The van der Waals surface area contributed by atoms with Gasteiger partial charge in [0.05, 0.1) is 11.0 Å². The Hall–Kier alpha value is -2.53. The Morgan fingerprint density at radius 1 is 1.23 bits per heavy atom. The van der Waals surface area contributed by atoms with Gasteiger partial charge < -0.3 is 14.2 Å². The van der Waals surface area contributed by atoms with E-state index >= 15 is 0 Å². The first-order valence-corrected chi connectivity index (χ1v) is 11.0. The van der Waals surface area contributed by atoms with Crippen LogP contribution in [-0.4, -0.2) is 33.4 Å². The van der Waals surface area contributed by atoms with Gasteiger partial charge in [-0.25, -0.2) is 4.98 Å². The first kappa shape index (κ1) is 20.7. The van der Waals surface area contributed by atoms with Gasteiger partial charge in [-0.1, -0.05) is 30.7 Å². The predicted octanol–water partition coefficient (Wildman–Crippen LogP) is 5.40. The zero-order valence-corrected chi connectivity index (χ0v) is 18.5. The maximum absolute atomic E-state index is 13.1. The third-order valence-corrected chi connectivity index (χ3v) is 6.34. The van der Waals surface area contributed by atoms with E-state index in [0.717, 1.165) is 54.1 Å². The molecule has 0 N–H and O–H groups in total. The summed E-state index contributed by atoms with van der Waals surface area (Å²) in [6.45, 7) is 8.11. The van der Waals surface area contributed by atoms with Crippen molar-refractivity contribution >= 4 is 28.5 Å². The Kier molecular flexibility index (Phi) is 6.00. The molecule has 1 aliphatic heterocycles. The van der Waals surface area contributed by atoms with Gasteiger partial charge in [-0.15, -0.1) is 0 Å². The monoisotopic (exact) mass is 425 g/mol. The summed E-state index contributed by atoms with van der Waals surface area (Å²) in [4.78, 5) is 19.8. The average molecular weight is 426 g/mol. The quantitative estimate of drug-likeness (QED) is 0.550. The van der Waals surface area contributed by atoms with Gasteiger partial charge >= 0.3 is 0 Å². The molecule has 1 aliphatic rings. The van der Waals surface area contributed by atoms with Crippen molar-refractivity contribution in [3.8, 4) is 5.75 Å². The fourth-order valence-electron chi connectivity index (χ4n) is 4.01. The maximum Gasteiger partial charge on any atom is 0.242 e. The van der Waals surface area contributed by atoms with E-state index in [2.05, 4.69) is 6.92 Å². The van der Waals surface area contributed by atoms with Crippen molar-refractivity contribution in [1.29, 1.82) is 0 Å². The highest BCUT2D eigenvalue weighted by Gasteiger charge is 2.24. The van der Waals surface area contributed by atoms with Crippen LogP contribution in [0.1, 0.15) is 44.2 Å². The SMILES string of the molecule is Cc1cc(OC(C)c2nc3ccccc3n2CC(=O)N2CCC(C)CC2)ccc1Cl. The third-order valence-electron chi connectivity index (χ3n) is 5.92. The van der Waals surface area contributed by atoms with Gasteiger partial charge in [-0.05, 0) is 68.5 Å². The van der Waals surface area contributed by atoms with Crippen molar-refractivity contribution in [2.45, 2.75) is 46.3 Å². The van der Waals surface area contributed by atoms with Crippen LogP contribution in [0.5, 0.6) is 5.75 Å². The molecule has 2 aromatic carbocycles. The largest absolute Gasteiger partial charge is 0.483 e. The number of carbonyl (C=O) groups is 1. The smallest absolute Gasteiger partial charge is 0.242 e. The van der Waals surface area contributed by atoms with E-state index in [4.69, 9.17) is 21.3 Å². The minimum absolute atomic E-state index is 0.140. The number of benzene rings is 2. The minimum Gasteiger partial charge on any atom is -0.483 e. The molecule has 1 unspecified atom stereocenters. The highest BCUT2D eigenvalue weighted by molar-refractivity contribution is 6.31. The molecule has 30 heavy (non-hydrogen) atoms. The number of halogens is 1. The fourth-order valence-corrected chi connectivity index (χ4v) is 4.13. The summed E-state index contributed by atoms with van der Waals surface area (Å²) in [6.07, 6.45) is 1.82. The van der Waals surface area contributed by atoms with Crippen LogP contribution in [0.4, 0.5) is 0 Å². The van der Waals surface area contributed by atoms with Crippen LogP contribution in [-0.2, 0) is 11.3 Å². The second-order valence-electron chi connectivity index (χ2n) is 8.28. The van der Waals surface area contributed by atoms with Crippen LogP contribution in [0, 0.1) is 12.8 Å². The molecule has 0 aliphatic carbocycles. The molecule has 0 saturated carbocycles. The molecule has 0 spiro atoms. The van der Waals surface area contributed by atoms with Crippen LogP contribution >= 0.6 is 11.6 Å². The summed E-state index contributed by atoms with van der Waals surface area (Å²) in [6, 6.07) is 13.5. The van der Waals surface area contributed by atoms with E-state index < -0.39 is 0 Å². The molecule has 0 bridgehead atoms. The van der Waals surface area contributed by atoms with E-state index in [1.807, 2.05) is 65.8 Å². The lowest BCUT2D eigenvalue weighted by atomic mass is 9.99. The second kappa shape index (κ2) is 8.68. The lowest BCUT2D eigenvalue weighted by Gasteiger charge is -2.30. The second-order valence-corrected chi connectivity index (χ2v) is 8.69. The Morgan fingerprint density at radius 2 is 1.97 bits per heavy atom. The molecular formula is C24H28ClN3O2. The number of amides is 1. The number of aryl methyl sites for hydroxylation is 1. The van der Waals surface area contributed by atoms with Crippen molar-refractivity contribution in [3.63, 3.8) is 0 Å². The van der Waals surface area contributed by atoms with Crippen molar-refractivity contribution in [3.05, 3.63) is 58.9 Å². The predicted molar refractivity (Wildman–Crippen MR) is 120 cm³/mol. The first-order valence-electron chi connectivity index (χ1n) is 10.6. The van der Waals surface area contributed by atoms with Crippen LogP contribution in [0.2, 0.25) is 5.02 Å². The first-order chi connectivity index (χ1) is 14.4. The van der Waals surface area contributed by atoms with E-state index in [1.165, 1.54) is 0 Å². The molecule has 5 nitrogen and oxygen atoms in total. The van der Waals surface area contributed by atoms with Gasteiger partial charge in [-0.3, -0.25) is 4.79 Å². The average Bonchev–Trinajstić information content (AvgIpc) is 3.10. The van der Waals surface area contributed by atoms with Crippen molar-refractivity contribution in [1.82, 2.24) is 14.5 Å². The number of hydrogen-bond acceptors (Lipinski definition) is 3. The van der Waals surface area contributed by atoms with Crippen LogP contribution in [0.3, 0.4) is 0 Å². The molecule has 1 aromatic heterocycles. The summed E-state index contributed by atoms with van der Waals surface area (Å²) >= 11 is 6.14. The zero-order valence-electron chi connectivity index (χ0n) is 17.8. The fraction of sp³-hybridized carbons (Fsp3) is 0.417. The van der Waals surface area contributed by atoms with Gasteiger partial charge in [0.25, 0.3) is 0 Å². The normalized spacial score (nSPS) is 16.1. The molecule has 0 radical (unpaired) electrons. The van der Waals surface area contributed by atoms with Crippen molar-refractivity contribution in [2.24, 2.45) is 5.92 Å². The maximum atomic E-state index is 13.1. The third kappa shape index (κ3) is 4.31. The van der Waals surface area contributed by atoms with Gasteiger partial charge in [-0.2, -0.15) is 0 Å². The molecule has 1 fully saturated rings. The van der Waals surface area contributed by atoms with Crippen LogP contribution in [0.15, 0.2) is 42.5 Å². The molecule has 4 rings (SSSR count). The Morgan fingerprint density at radius 3 is 2.70 bits per heavy atom. The highest BCUT2D eigenvalue weighted by atomic mass is 35.5. The van der Waals surface area contributed by atoms with Gasteiger partial charge in [0, 0.05) is 18.1 Å². The molecule has 158 valence electrons. The van der Waals surface area contributed by atoms with E-state index in [9.17, 15) is 4.79 Å². The number of carbonyl (C=O) groups excluding carboxylic acids is 1. The topological polar surface area (TPSA) is 47.4 Å². The standard InChI is InChI=1S/C24H28ClN3O2/c1-16-10-12-27(13-11-16)23(29)15-28-22-7-5-4-6-21(22)26-24(28)18(3)30-19-8-9-20(25)17(2)14-19/h4-9,14,16,18H,10-13,15H2,1-3H3. The number of rotatable bonds is 5. The number of piperidine rings is 1. The van der Waals surface area contributed by atoms with E-state index in [-0.39, 0.29) is 18.6 Å². The van der Waals surface area contributed by atoms with E-state index in [0.29, 0.717) is 10.9 Å². The lowest BCUT2D eigenvalue weighted by molar-refractivity contribution is -0.133. The van der Waals surface area contributed by atoms with E-state index in [1.54, 1.807) is 0 Å². The molecular weight excluding hydrogens is 398 g/mol. The van der Waals surface area contributed by atoms with Crippen molar-refractivity contribution < 1.29 is 9.53 Å². The molecule has 6 heteroatoms. The molecule has 1 saturated heterocycles. The summed E-state index contributed by atoms with van der Waals surface area (Å²) in [5, 5.41) is 0.712. The number of fused-ring (bicyclic) bond motifs is 1. The highest BCUT2D eigenvalue weighted by Crippen LogP contribution is 2.28. The lowest BCUT2D eigenvalue weighted by Crippen LogP contribution is -2.40. The Balaban J connectivity index is 1.61. The summed E-state index contributed by atoms with van der Waals surface area (Å²) < 4.78 is 8.18. The summed E-state index contributed by atoms with van der Waals surface area (Å²) in [5.74, 6) is 2.32. The van der Waals surface area contributed by atoms with Gasteiger partial charge in [0.2, 0.25) is 5.91 Å². The number of imidazole rings is 1. The van der Waals surface area contributed by atoms with Crippen LogP contribution < -0.4 is 4.74 Å². The van der Waals surface area contributed by atoms with Gasteiger partial charge in [0.1, 0.15) is 12.3 Å². The molecule has 1 amide bonds. The Labute approximate surface area is 182 Å². The van der Waals surface area contributed by atoms with Gasteiger partial charge in [0.15, 0.2) is 11.9 Å². The number of para-hydroxylation sites is 2. The molecule has 2 heterocycles. The number of aromatic nitrogens is 2. The Bertz CT molecular complexity index is 1050. The molecule has 1 atom stereocenters. The van der Waals surface area contributed by atoms with Crippen molar-refractivity contribution in [2.75, 3.05) is 13.1 Å².